The number of likely N-dealkylation sites (N-methyl/N-ethyl adjacent to an activating group) is 1. The Bertz CT molecular complexity index is 1240. The molecule has 0 spiro atoms. The van der Waals surface area contributed by atoms with Gasteiger partial charge >= 0.3 is 0 Å². The van der Waals surface area contributed by atoms with Gasteiger partial charge in [-0.05, 0) is 23.3 Å². The molecule has 0 saturated heterocycles. The second-order valence-corrected chi connectivity index (χ2v) is 8.86. The Balaban J connectivity index is 1.66. The summed E-state index contributed by atoms with van der Waals surface area (Å²) >= 11 is 0. The molecule has 2 heteroatoms. The molecule has 1 aliphatic rings. The van der Waals surface area contributed by atoms with Gasteiger partial charge in [0.05, 0.1) is 11.7 Å². The summed E-state index contributed by atoms with van der Waals surface area (Å²) in [6.45, 7) is 4.71. The molecule has 0 amide bonds. The zero-order valence-corrected chi connectivity index (χ0v) is 18.1. The van der Waals surface area contributed by atoms with Gasteiger partial charge in [-0.1, -0.05) is 92.7 Å². The highest BCUT2D eigenvalue weighted by Gasteiger charge is 2.41. The van der Waals surface area contributed by atoms with E-state index in [1.807, 2.05) is 0 Å². The lowest BCUT2D eigenvalue weighted by Crippen LogP contribution is -2.37. The third-order valence-electron chi connectivity index (χ3n) is 6.77. The Morgan fingerprint density at radius 1 is 0.800 bits per heavy atom. The highest BCUT2D eigenvalue weighted by Crippen LogP contribution is 2.45. The molecule has 3 aromatic carbocycles. The van der Waals surface area contributed by atoms with Crippen LogP contribution in [0.25, 0.3) is 28.2 Å². The fraction of sp³-hybridized carbons (Fsp3) is 0.214. The van der Waals surface area contributed by atoms with Gasteiger partial charge in [0.1, 0.15) is 0 Å². The summed E-state index contributed by atoms with van der Waals surface area (Å²) in [5.74, 6) is 0. The molecule has 30 heavy (non-hydrogen) atoms. The summed E-state index contributed by atoms with van der Waals surface area (Å²) in [6.07, 6.45) is 4.74. The number of aryl methyl sites for hydroxylation is 1. The van der Waals surface area contributed by atoms with E-state index in [-0.39, 0.29) is 5.41 Å². The van der Waals surface area contributed by atoms with E-state index in [0.29, 0.717) is 6.04 Å². The number of rotatable bonds is 3. The molecular formula is C28H28N2. The Hall–Kier alpha value is -3.26. The molecule has 4 aromatic rings. The summed E-state index contributed by atoms with van der Waals surface area (Å²) < 4.78 is 2.32. The van der Waals surface area contributed by atoms with Crippen molar-refractivity contribution < 1.29 is 0 Å². The third kappa shape index (κ3) is 2.71. The second kappa shape index (κ2) is 6.91. The van der Waals surface area contributed by atoms with Gasteiger partial charge in [-0.25, -0.2) is 0 Å². The van der Waals surface area contributed by atoms with Crippen LogP contribution < -0.4 is 4.90 Å². The van der Waals surface area contributed by atoms with E-state index in [2.05, 4.69) is 128 Å². The minimum absolute atomic E-state index is 0.0549. The Morgan fingerprint density at radius 2 is 1.47 bits per heavy atom. The van der Waals surface area contributed by atoms with E-state index in [9.17, 15) is 0 Å². The summed E-state index contributed by atoms with van der Waals surface area (Å²) in [5.41, 5.74) is 7.88. The van der Waals surface area contributed by atoms with Crippen LogP contribution in [0.2, 0.25) is 0 Å². The molecule has 0 bridgehead atoms. The lowest BCUT2D eigenvalue weighted by Gasteiger charge is -2.29. The van der Waals surface area contributed by atoms with E-state index in [1.165, 1.54) is 39.0 Å². The number of fused-ring (bicyclic) bond motifs is 2. The van der Waals surface area contributed by atoms with E-state index >= 15 is 0 Å². The maximum absolute atomic E-state index is 2.42. The number of aromatic nitrogens is 1. The predicted octanol–water partition coefficient (Wildman–Crippen LogP) is 6.65. The molecule has 0 radical (unpaired) electrons. The van der Waals surface area contributed by atoms with E-state index in [1.54, 1.807) is 0 Å². The molecular weight excluding hydrogens is 364 g/mol. The standard InChI is InChI=1S/C28H28N2/c1-28(2)23-15-9-11-17-25(23)29(3)26(28)19-18-22-21-14-8-10-16-24(21)30(4)27(22)20-12-6-5-7-13-20/h5-19,26H,1-4H3/b19-18+. The molecule has 1 aliphatic heterocycles. The fourth-order valence-corrected chi connectivity index (χ4v) is 5.21. The first-order valence-electron chi connectivity index (χ1n) is 10.6. The maximum atomic E-state index is 2.42. The smallest absolute Gasteiger partial charge is 0.0565 e. The molecule has 0 aliphatic carbocycles. The largest absolute Gasteiger partial charge is 0.367 e. The van der Waals surface area contributed by atoms with Crippen molar-refractivity contribution in [1.82, 2.24) is 4.57 Å². The van der Waals surface area contributed by atoms with Crippen molar-refractivity contribution in [3.05, 3.63) is 96.1 Å². The Kier molecular flexibility index (Phi) is 4.32. The third-order valence-corrected chi connectivity index (χ3v) is 6.77. The number of benzene rings is 3. The van der Waals surface area contributed by atoms with Crippen LogP contribution in [0.15, 0.2) is 84.9 Å². The topological polar surface area (TPSA) is 8.17 Å². The summed E-state index contributed by atoms with van der Waals surface area (Å²) in [6, 6.07) is 28.5. The van der Waals surface area contributed by atoms with Gasteiger partial charge < -0.3 is 9.47 Å². The second-order valence-electron chi connectivity index (χ2n) is 8.86. The zero-order valence-electron chi connectivity index (χ0n) is 18.1. The van der Waals surface area contributed by atoms with Crippen LogP contribution in [0.4, 0.5) is 5.69 Å². The molecule has 0 saturated carbocycles. The quantitative estimate of drug-likeness (QED) is 0.379. The molecule has 2 nitrogen and oxygen atoms in total. The molecule has 5 rings (SSSR count). The van der Waals surface area contributed by atoms with Gasteiger partial charge in [0.15, 0.2) is 0 Å². The number of para-hydroxylation sites is 2. The lowest BCUT2D eigenvalue weighted by molar-refractivity contribution is 0.489. The monoisotopic (exact) mass is 392 g/mol. The summed E-state index contributed by atoms with van der Waals surface area (Å²) in [4.78, 5) is 2.42. The van der Waals surface area contributed by atoms with Crippen LogP contribution in [0.5, 0.6) is 0 Å². The summed E-state index contributed by atoms with van der Waals surface area (Å²) in [7, 11) is 4.38. The van der Waals surface area contributed by atoms with Gasteiger partial charge in [-0.3, -0.25) is 0 Å². The molecule has 1 unspecified atom stereocenters. The number of hydrogen-bond donors (Lipinski definition) is 0. The normalized spacial score (nSPS) is 17.7. The first-order valence-corrected chi connectivity index (χ1v) is 10.6. The van der Waals surface area contributed by atoms with Gasteiger partial charge in [-0.15, -0.1) is 0 Å². The highest BCUT2D eigenvalue weighted by molar-refractivity contribution is 5.97. The van der Waals surface area contributed by atoms with Gasteiger partial charge in [0, 0.05) is 41.7 Å². The van der Waals surface area contributed by atoms with Gasteiger partial charge in [0.2, 0.25) is 0 Å². The molecule has 0 fully saturated rings. The number of hydrogen-bond acceptors (Lipinski definition) is 1. The first kappa shape index (κ1) is 18.7. The SMILES string of the molecule is CN1c2ccccc2C(C)(C)C1/C=C/c1c(-c2ccccc2)n(C)c2ccccc12. The fourth-order valence-electron chi connectivity index (χ4n) is 5.21. The minimum Gasteiger partial charge on any atom is -0.367 e. The zero-order chi connectivity index (χ0) is 20.9. The van der Waals surface area contributed by atoms with Crippen molar-refractivity contribution >= 4 is 22.7 Å². The molecule has 0 N–H and O–H groups in total. The van der Waals surface area contributed by atoms with E-state index in [0.717, 1.165) is 0 Å². The van der Waals surface area contributed by atoms with E-state index < -0.39 is 0 Å². The van der Waals surface area contributed by atoms with Crippen LogP contribution in [0.3, 0.4) is 0 Å². The van der Waals surface area contributed by atoms with E-state index in [4.69, 9.17) is 0 Å². The van der Waals surface area contributed by atoms with Crippen LogP contribution in [-0.2, 0) is 12.5 Å². The van der Waals surface area contributed by atoms with Crippen molar-refractivity contribution in [1.29, 1.82) is 0 Å². The van der Waals surface area contributed by atoms with Crippen LogP contribution in [0.1, 0.15) is 25.0 Å². The van der Waals surface area contributed by atoms with Gasteiger partial charge in [0.25, 0.3) is 0 Å². The minimum atomic E-state index is 0.0549. The first-order chi connectivity index (χ1) is 14.5. The lowest BCUT2D eigenvalue weighted by atomic mass is 9.80. The molecule has 1 aromatic heterocycles. The number of anilines is 1. The van der Waals surface area contributed by atoms with Crippen LogP contribution in [-0.4, -0.2) is 17.7 Å². The van der Waals surface area contributed by atoms with Crippen molar-refractivity contribution in [3.8, 4) is 11.3 Å². The maximum Gasteiger partial charge on any atom is 0.0565 e. The Labute approximate surface area is 179 Å². The Morgan fingerprint density at radius 3 is 2.23 bits per heavy atom. The predicted molar refractivity (Wildman–Crippen MR) is 129 cm³/mol. The average molecular weight is 393 g/mol. The average Bonchev–Trinajstić information content (AvgIpc) is 3.16. The highest BCUT2D eigenvalue weighted by atomic mass is 15.2. The molecule has 2 heterocycles. The summed E-state index contributed by atoms with van der Waals surface area (Å²) in [5, 5.41) is 1.30. The van der Waals surface area contributed by atoms with Crippen molar-refractivity contribution in [2.45, 2.75) is 25.3 Å². The molecule has 150 valence electrons. The molecule has 1 atom stereocenters. The van der Waals surface area contributed by atoms with Crippen molar-refractivity contribution in [2.75, 3.05) is 11.9 Å². The van der Waals surface area contributed by atoms with Crippen molar-refractivity contribution in [3.63, 3.8) is 0 Å². The van der Waals surface area contributed by atoms with Crippen LogP contribution >= 0.6 is 0 Å². The van der Waals surface area contributed by atoms with Crippen molar-refractivity contribution in [2.24, 2.45) is 7.05 Å². The number of nitrogens with zero attached hydrogens (tertiary/aromatic N) is 2. The van der Waals surface area contributed by atoms with Crippen LogP contribution in [0, 0.1) is 0 Å². The van der Waals surface area contributed by atoms with Gasteiger partial charge in [-0.2, -0.15) is 0 Å².